The van der Waals surface area contributed by atoms with Crippen molar-refractivity contribution in [1.82, 2.24) is 0 Å². The van der Waals surface area contributed by atoms with Crippen LogP contribution in [0.5, 0.6) is 0 Å². The van der Waals surface area contributed by atoms with E-state index in [0.717, 1.165) is 0 Å². The number of carbonyl (C=O) groups is 1. The molecular weight excluding hydrogens is 280 g/mol. The Balaban J connectivity index is 2.12. The number of para-hydroxylation sites is 1. The van der Waals surface area contributed by atoms with E-state index < -0.39 is 17.4 Å². The highest BCUT2D eigenvalue weighted by atomic mass is 19.3. The van der Waals surface area contributed by atoms with Gasteiger partial charge in [0.25, 0.3) is 5.91 Å². The Labute approximate surface area is 122 Å². The number of rotatable bonds is 6. The van der Waals surface area contributed by atoms with Gasteiger partial charge < -0.3 is 15.2 Å². The summed E-state index contributed by atoms with van der Waals surface area (Å²) in [5.74, 6) is -5.28. The van der Waals surface area contributed by atoms with E-state index in [1.165, 1.54) is 6.07 Å². The van der Waals surface area contributed by atoms with Crippen LogP contribution in [-0.4, -0.2) is 29.1 Å². The number of ether oxygens (including phenoxy) is 1. The number of carbonyl (C=O) groups excluding carboxylic acids is 1. The van der Waals surface area contributed by atoms with Gasteiger partial charge in [0.15, 0.2) is 0 Å². The maximum absolute atomic E-state index is 14.0. The molecule has 0 atom stereocenters. The van der Waals surface area contributed by atoms with Gasteiger partial charge >= 0.3 is 5.92 Å². The van der Waals surface area contributed by atoms with Crippen molar-refractivity contribution in [3.63, 3.8) is 0 Å². The molecular formula is C15H19F2NO3. The molecule has 1 aliphatic carbocycles. The van der Waals surface area contributed by atoms with Crippen molar-refractivity contribution in [2.75, 3.05) is 11.9 Å². The summed E-state index contributed by atoms with van der Waals surface area (Å²) < 4.78 is 33.3. The van der Waals surface area contributed by atoms with Gasteiger partial charge in [0, 0.05) is 17.9 Å². The fraction of sp³-hybridized carbons (Fsp3) is 0.533. The van der Waals surface area contributed by atoms with Gasteiger partial charge in [0.2, 0.25) is 0 Å². The molecule has 0 saturated heterocycles. The average Bonchev–Trinajstić information content (AvgIpc) is 2.43. The first kappa shape index (κ1) is 15.9. The van der Waals surface area contributed by atoms with Crippen molar-refractivity contribution >= 4 is 11.6 Å². The van der Waals surface area contributed by atoms with E-state index in [9.17, 15) is 18.7 Å². The van der Waals surface area contributed by atoms with Crippen molar-refractivity contribution in [1.29, 1.82) is 0 Å². The summed E-state index contributed by atoms with van der Waals surface area (Å²) in [7, 11) is 0. The van der Waals surface area contributed by atoms with Crippen molar-refractivity contribution < 1.29 is 23.4 Å². The van der Waals surface area contributed by atoms with Crippen LogP contribution in [0.25, 0.3) is 0 Å². The second-order valence-electron chi connectivity index (χ2n) is 5.21. The second-order valence-corrected chi connectivity index (χ2v) is 5.21. The molecule has 21 heavy (non-hydrogen) atoms. The monoisotopic (exact) mass is 299 g/mol. The van der Waals surface area contributed by atoms with E-state index >= 15 is 0 Å². The molecule has 0 aliphatic heterocycles. The lowest BCUT2D eigenvalue weighted by atomic mass is 9.75. The van der Waals surface area contributed by atoms with Crippen LogP contribution in [0.15, 0.2) is 24.3 Å². The average molecular weight is 299 g/mol. The lowest BCUT2D eigenvalue weighted by molar-refractivity contribution is -0.212. The van der Waals surface area contributed by atoms with Gasteiger partial charge in [-0.05, 0) is 32.3 Å². The van der Waals surface area contributed by atoms with Gasteiger partial charge in [-0.25, -0.2) is 0 Å². The minimum absolute atomic E-state index is 0.0615. The first-order chi connectivity index (χ1) is 9.90. The standard InChI is InChI=1S/C15H19F2NO3/c1-2-21-10-11-6-3-4-7-12(11)18-13(19)15(16,17)14(20)8-5-9-14/h3-4,6-7,20H,2,5,8-10H2,1H3,(H,18,19). The van der Waals surface area contributed by atoms with Crippen LogP contribution in [0.2, 0.25) is 0 Å². The lowest BCUT2D eigenvalue weighted by Crippen LogP contribution is -2.59. The molecule has 2 rings (SSSR count). The van der Waals surface area contributed by atoms with Crippen LogP contribution in [-0.2, 0) is 16.1 Å². The van der Waals surface area contributed by atoms with Crippen LogP contribution in [0.3, 0.4) is 0 Å². The summed E-state index contributed by atoms with van der Waals surface area (Å²) in [5, 5.41) is 12.0. The van der Waals surface area contributed by atoms with Gasteiger partial charge in [-0.3, -0.25) is 4.79 Å². The van der Waals surface area contributed by atoms with E-state index in [2.05, 4.69) is 5.32 Å². The zero-order valence-electron chi connectivity index (χ0n) is 11.9. The molecule has 116 valence electrons. The molecule has 6 heteroatoms. The minimum atomic E-state index is -3.80. The molecule has 0 radical (unpaired) electrons. The van der Waals surface area contributed by atoms with E-state index in [0.29, 0.717) is 18.6 Å². The number of nitrogens with one attached hydrogen (secondary N) is 1. The Morgan fingerprint density at radius 2 is 2.10 bits per heavy atom. The van der Waals surface area contributed by atoms with Crippen LogP contribution in [0.1, 0.15) is 31.7 Å². The molecule has 0 bridgehead atoms. The predicted molar refractivity (Wildman–Crippen MR) is 74.1 cm³/mol. The van der Waals surface area contributed by atoms with Crippen molar-refractivity contribution in [3.05, 3.63) is 29.8 Å². The van der Waals surface area contributed by atoms with Crippen LogP contribution >= 0.6 is 0 Å². The highest BCUT2D eigenvalue weighted by Crippen LogP contribution is 2.44. The van der Waals surface area contributed by atoms with Crippen molar-refractivity contribution in [2.24, 2.45) is 0 Å². The third-order valence-corrected chi connectivity index (χ3v) is 3.78. The Kier molecular flexibility index (Phi) is 4.58. The number of halogens is 2. The van der Waals surface area contributed by atoms with E-state index in [4.69, 9.17) is 4.74 Å². The topological polar surface area (TPSA) is 58.6 Å². The molecule has 4 nitrogen and oxygen atoms in total. The number of hydrogen-bond acceptors (Lipinski definition) is 3. The maximum atomic E-state index is 14.0. The molecule has 1 fully saturated rings. The molecule has 1 saturated carbocycles. The highest BCUT2D eigenvalue weighted by molar-refractivity contribution is 5.97. The summed E-state index contributed by atoms with van der Waals surface area (Å²) in [6.45, 7) is 2.53. The highest BCUT2D eigenvalue weighted by Gasteiger charge is 2.61. The zero-order chi connectivity index (χ0) is 15.5. The molecule has 1 amide bonds. The number of amides is 1. The fourth-order valence-corrected chi connectivity index (χ4v) is 2.22. The summed E-state index contributed by atoms with van der Waals surface area (Å²) in [6, 6.07) is 6.61. The van der Waals surface area contributed by atoms with Gasteiger partial charge in [-0.1, -0.05) is 18.2 Å². The third-order valence-electron chi connectivity index (χ3n) is 3.78. The summed E-state index contributed by atoms with van der Waals surface area (Å²) in [4.78, 5) is 11.8. The molecule has 1 aliphatic rings. The zero-order valence-corrected chi connectivity index (χ0v) is 11.9. The molecule has 1 aromatic rings. The Morgan fingerprint density at radius 3 is 2.67 bits per heavy atom. The quantitative estimate of drug-likeness (QED) is 0.849. The fourth-order valence-electron chi connectivity index (χ4n) is 2.22. The summed E-state index contributed by atoms with van der Waals surface area (Å²) in [6.07, 6.45) is 0.377. The van der Waals surface area contributed by atoms with Crippen LogP contribution < -0.4 is 5.32 Å². The molecule has 0 aromatic heterocycles. The Morgan fingerprint density at radius 1 is 1.43 bits per heavy atom. The van der Waals surface area contributed by atoms with Gasteiger partial charge in [-0.2, -0.15) is 8.78 Å². The molecule has 0 heterocycles. The summed E-state index contributed by atoms with van der Waals surface area (Å²) in [5.41, 5.74) is -1.32. The smallest absolute Gasteiger partial charge is 0.352 e. The first-order valence-electron chi connectivity index (χ1n) is 6.98. The van der Waals surface area contributed by atoms with E-state index in [1.807, 2.05) is 6.92 Å². The number of alkyl halides is 2. The van der Waals surface area contributed by atoms with Crippen LogP contribution in [0, 0.1) is 0 Å². The summed E-state index contributed by atoms with van der Waals surface area (Å²) >= 11 is 0. The largest absolute Gasteiger partial charge is 0.383 e. The van der Waals surface area contributed by atoms with E-state index in [-0.39, 0.29) is 25.1 Å². The second kappa shape index (κ2) is 6.07. The number of hydrogen-bond donors (Lipinski definition) is 2. The number of benzene rings is 1. The van der Waals surface area contributed by atoms with Gasteiger partial charge in [-0.15, -0.1) is 0 Å². The Hall–Kier alpha value is -1.53. The third kappa shape index (κ3) is 3.06. The number of aliphatic hydroxyl groups is 1. The number of anilines is 1. The van der Waals surface area contributed by atoms with Gasteiger partial charge in [0.05, 0.1) is 6.61 Å². The molecule has 0 spiro atoms. The van der Waals surface area contributed by atoms with Crippen molar-refractivity contribution in [2.45, 2.75) is 44.3 Å². The van der Waals surface area contributed by atoms with Gasteiger partial charge in [0.1, 0.15) is 5.60 Å². The molecule has 0 unspecified atom stereocenters. The maximum Gasteiger partial charge on any atom is 0.352 e. The molecule has 1 aromatic carbocycles. The first-order valence-corrected chi connectivity index (χ1v) is 6.98. The molecule has 2 N–H and O–H groups in total. The van der Waals surface area contributed by atoms with Crippen molar-refractivity contribution in [3.8, 4) is 0 Å². The normalized spacial score (nSPS) is 17.1. The minimum Gasteiger partial charge on any atom is -0.383 e. The predicted octanol–water partition coefficient (Wildman–Crippen LogP) is 2.71. The van der Waals surface area contributed by atoms with Crippen LogP contribution in [0.4, 0.5) is 14.5 Å². The SMILES string of the molecule is CCOCc1ccccc1NC(=O)C(F)(F)C1(O)CCC1. The van der Waals surface area contributed by atoms with E-state index in [1.54, 1.807) is 18.2 Å². The Bertz CT molecular complexity index is 515. The lowest BCUT2D eigenvalue weighted by Gasteiger charge is -2.41.